The molecule has 2 nitrogen and oxygen atoms in total. The van der Waals surface area contributed by atoms with Crippen molar-refractivity contribution >= 4 is 28.6 Å². The molecule has 14 heavy (non-hydrogen) atoms. The summed E-state index contributed by atoms with van der Waals surface area (Å²) >= 11 is 2.39. The molecular formula is C11H21IO2. The number of unbranched alkanes of at least 4 members (excludes halogenated alkanes) is 4. The normalized spacial score (nSPS) is 11.6. The van der Waals surface area contributed by atoms with Crippen molar-refractivity contribution in [1.82, 2.24) is 0 Å². The molecular weight excluding hydrogens is 291 g/mol. The predicted molar refractivity (Wildman–Crippen MR) is 68.0 cm³/mol. The molecule has 0 radical (unpaired) electrons. The van der Waals surface area contributed by atoms with Crippen molar-refractivity contribution < 1.29 is 9.90 Å². The average Bonchev–Trinajstić information content (AvgIpc) is 2.10. The fourth-order valence-electron chi connectivity index (χ4n) is 1.30. The van der Waals surface area contributed by atoms with Crippen LogP contribution in [0.4, 0.5) is 0 Å². The van der Waals surface area contributed by atoms with Crippen molar-refractivity contribution in [2.24, 2.45) is 5.41 Å². The Morgan fingerprint density at radius 2 is 1.64 bits per heavy atom. The van der Waals surface area contributed by atoms with E-state index in [1.54, 1.807) is 13.8 Å². The lowest BCUT2D eigenvalue weighted by Crippen LogP contribution is -2.23. The summed E-state index contributed by atoms with van der Waals surface area (Å²) in [5, 5.41) is 8.88. The quantitative estimate of drug-likeness (QED) is 0.420. The van der Waals surface area contributed by atoms with E-state index >= 15 is 0 Å². The molecule has 0 aromatic rings. The summed E-state index contributed by atoms with van der Waals surface area (Å²) in [5.74, 6) is -0.676. The molecule has 84 valence electrons. The van der Waals surface area contributed by atoms with Gasteiger partial charge >= 0.3 is 5.97 Å². The largest absolute Gasteiger partial charge is 0.481 e. The van der Waals surface area contributed by atoms with E-state index in [-0.39, 0.29) is 0 Å². The Labute approximate surface area is 101 Å². The average molecular weight is 312 g/mol. The number of alkyl halides is 1. The second-order valence-corrected chi connectivity index (χ2v) is 5.47. The van der Waals surface area contributed by atoms with Crippen molar-refractivity contribution in [3.05, 3.63) is 0 Å². The summed E-state index contributed by atoms with van der Waals surface area (Å²) in [6, 6.07) is 0. The molecule has 0 saturated carbocycles. The lowest BCUT2D eigenvalue weighted by Gasteiger charge is -2.18. The van der Waals surface area contributed by atoms with Crippen LogP contribution in [0.25, 0.3) is 0 Å². The number of halogens is 1. The monoisotopic (exact) mass is 312 g/mol. The van der Waals surface area contributed by atoms with E-state index in [0.29, 0.717) is 0 Å². The third-order valence-electron chi connectivity index (χ3n) is 2.51. The first-order valence-electron chi connectivity index (χ1n) is 5.30. The summed E-state index contributed by atoms with van der Waals surface area (Å²) < 4.78 is 1.23. The van der Waals surface area contributed by atoms with Crippen LogP contribution in [0, 0.1) is 5.41 Å². The van der Waals surface area contributed by atoms with Gasteiger partial charge in [0.15, 0.2) is 0 Å². The summed E-state index contributed by atoms with van der Waals surface area (Å²) in [6.45, 7) is 3.61. The molecule has 0 heterocycles. The predicted octanol–water partition coefficient (Wildman–Crippen LogP) is 3.87. The van der Waals surface area contributed by atoms with Gasteiger partial charge in [-0.15, -0.1) is 0 Å². The number of carboxylic acid groups (broad SMARTS) is 1. The maximum atomic E-state index is 10.8. The van der Waals surface area contributed by atoms with Crippen LogP contribution >= 0.6 is 22.6 Å². The maximum Gasteiger partial charge on any atom is 0.309 e. The van der Waals surface area contributed by atoms with Crippen LogP contribution in [-0.4, -0.2) is 15.5 Å². The van der Waals surface area contributed by atoms with Gasteiger partial charge in [0.05, 0.1) is 5.41 Å². The highest BCUT2D eigenvalue weighted by atomic mass is 127. The minimum absolute atomic E-state index is 0.538. The molecule has 0 bridgehead atoms. The van der Waals surface area contributed by atoms with Gasteiger partial charge in [0, 0.05) is 0 Å². The molecule has 0 spiro atoms. The minimum atomic E-state index is -0.676. The molecule has 0 unspecified atom stereocenters. The van der Waals surface area contributed by atoms with E-state index in [1.165, 1.54) is 30.1 Å². The zero-order valence-electron chi connectivity index (χ0n) is 9.18. The van der Waals surface area contributed by atoms with Gasteiger partial charge in [0.2, 0.25) is 0 Å². The van der Waals surface area contributed by atoms with Crippen molar-refractivity contribution in [2.45, 2.75) is 52.4 Å². The topological polar surface area (TPSA) is 37.3 Å². The SMILES string of the molecule is CC(C)(CCCCCCCI)C(=O)O. The van der Waals surface area contributed by atoms with Gasteiger partial charge in [0.1, 0.15) is 0 Å². The number of aliphatic carboxylic acids is 1. The number of carbonyl (C=O) groups is 1. The van der Waals surface area contributed by atoms with E-state index in [1.807, 2.05) is 0 Å². The Hall–Kier alpha value is 0.200. The van der Waals surface area contributed by atoms with Crippen LogP contribution in [0.3, 0.4) is 0 Å². The first-order valence-corrected chi connectivity index (χ1v) is 6.82. The van der Waals surface area contributed by atoms with Crippen LogP contribution in [0.1, 0.15) is 52.4 Å². The van der Waals surface area contributed by atoms with Crippen LogP contribution in [0.15, 0.2) is 0 Å². The molecule has 0 aromatic heterocycles. The number of hydrogen-bond acceptors (Lipinski definition) is 1. The van der Waals surface area contributed by atoms with Gasteiger partial charge in [-0.2, -0.15) is 0 Å². The molecule has 0 saturated heterocycles. The van der Waals surface area contributed by atoms with Crippen LogP contribution in [0.5, 0.6) is 0 Å². The zero-order chi connectivity index (χ0) is 11.0. The summed E-state index contributed by atoms with van der Waals surface area (Å²) in [5.41, 5.74) is -0.538. The van der Waals surface area contributed by atoms with Crippen molar-refractivity contribution in [3.63, 3.8) is 0 Å². The Morgan fingerprint density at radius 3 is 2.14 bits per heavy atom. The van der Waals surface area contributed by atoms with Crippen molar-refractivity contribution in [3.8, 4) is 0 Å². The molecule has 3 heteroatoms. The fourth-order valence-corrected chi connectivity index (χ4v) is 1.84. The van der Waals surface area contributed by atoms with Crippen LogP contribution in [-0.2, 0) is 4.79 Å². The third-order valence-corrected chi connectivity index (χ3v) is 3.28. The molecule has 1 N–H and O–H groups in total. The Balaban J connectivity index is 3.40. The van der Waals surface area contributed by atoms with Gasteiger partial charge in [-0.05, 0) is 31.1 Å². The Bertz CT molecular complexity index is 167. The molecule has 0 fully saturated rings. The highest BCUT2D eigenvalue weighted by molar-refractivity contribution is 14.1. The standard InChI is InChI=1S/C11H21IO2/c1-11(2,10(13)14)8-6-4-3-5-7-9-12/h3-9H2,1-2H3,(H,13,14). The highest BCUT2D eigenvalue weighted by Gasteiger charge is 2.25. The van der Waals surface area contributed by atoms with E-state index in [4.69, 9.17) is 5.11 Å². The van der Waals surface area contributed by atoms with Crippen molar-refractivity contribution in [2.75, 3.05) is 4.43 Å². The Kier molecular flexibility index (Phi) is 7.59. The third kappa shape index (κ3) is 6.62. The first-order chi connectivity index (χ1) is 6.50. The molecule has 0 aliphatic heterocycles. The summed E-state index contributed by atoms with van der Waals surface area (Å²) in [4.78, 5) is 10.8. The number of carboxylic acids is 1. The summed E-state index contributed by atoms with van der Waals surface area (Å²) in [6.07, 6.45) is 6.85. The first kappa shape index (κ1) is 14.2. The molecule has 0 amide bonds. The lowest BCUT2D eigenvalue weighted by molar-refractivity contribution is -0.147. The second kappa shape index (κ2) is 7.49. The van der Waals surface area contributed by atoms with Gasteiger partial charge in [0.25, 0.3) is 0 Å². The molecule has 0 aliphatic rings. The summed E-state index contributed by atoms with van der Waals surface area (Å²) in [7, 11) is 0. The minimum Gasteiger partial charge on any atom is -0.481 e. The molecule has 0 aliphatic carbocycles. The zero-order valence-corrected chi connectivity index (χ0v) is 11.3. The molecule has 0 aromatic carbocycles. The van der Waals surface area contributed by atoms with Crippen LogP contribution in [0.2, 0.25) is 0 Å². The smallest absolute Gasteiger partial charge is 0.309 e. The van der Waals surface area contributed by atoms with Gasteiger partial charge in [-0.25, -0.2) is 0 Å². The van der Waals surface area contributed by atoms with Gasteiger partial charge in [-0.3, -0.25) is 4.79 Å². The molecule has 0 atom stereocenters. The Morgan fingerprint density at radius 1 is 1.14 bits per heavy atom. The van der Waals surface area contributed by atoms with Gasteiger partial charge < -0.3 is 5.11 Å². The maximum absolute atomic E-state index is 10.8. The van der Waals surface area contributed by atoms with E-state index in [9.17, 15) is 4.79 Å². The second-order valence-electron chi connectivity index (χ2n) is 4.40. The van der Waals surface area contributed by atoms with Gasteiger partial charge in [-0.1, -0.05) is 48.3 Å². The highest BCUT2D eigenvalue weighted by Crippen LogP contribution is 2.24. The number of rotatable bonds is 8. The van der Waals surface area contributed by atoms with Crippen LogP contribution < -0.4 is 0 Å². The lowest BCUT2D eigenvalue weighted by atomic mass is 9.87. The molecule has 0 rings (SSSR count). The van der Waals surface area contributed by atoms with Crippen molar-refractivity contribution in [1.29, 1.82) is 0 Å². The van der Waals surface area contributed by atoms with E-state index in [0.717, 1.165) is 12.8 Å². The fraction of sp³-hybridized carbons (Fsp3) is 0.909. The number of hydrogen-bond donors (Lipinski definition) is 1. The van der Waals surface area contributed by atoms with E-state index < -0.39 is 11.4 Å². The van der Waals surface area contributed by atoms with E-state index in [2.05, 4.69) is 22.6 Å².